The van der Waals surface area contributed by atoms with Gasteiger partial charge in [0.05, 0.1) is 35.9 Å². The van der Waals surface area contributed by atoms with Crippen LogP contribution in [0.4, 0.5) is 5.00 Å². The second-order valence-corrected chi connectivity index (χ2v) is 8.78. The van der Waals surface area contributed by atoms with E-state index in [1.54, 1.807) is 36.6 Å². The molecule has 4 aromatic rings. The number of carbonyl (C=O) groups is 3. The molecule has 1 amide bonds. The number of benzene rings is 2. The molecule has 4 rings (SSSR count). The van der Waals surface area contributed by atoms with Crippen LogP contribution in [0.15, 0.2) is 52.6 Å². The highest BCUT2D eigenvalue weighted by atomic mass is 32.1. The van der Waals surface area contributed by atoms with Crippen molar-refractivity contribution in [3.63, 3.8) is 0 Å². The van der Waals surface area contributed by atoms with E-state index in [1.807, 2.05) is 19.9 Å². The van der Waals surface area contributed by atoms with Gasteiger partial charge in [0.1, 0.15) is 5.00 Å². The van der Waals surface area contributed by atoms with Crippen molar-refractivity contribution in [1.82, 2.24) is 9.78 Å². The summed E-state index contributed by atoms with van der Waals surface area (Å²) in [7, 11) is 1.23. The summed E-state index contributed by atoms with van der Waals surface area (Å²) in [6.45, 7) is 5.65. The number of aryl methyl sites for hydroxylation is 2. The molecule has 0 saturated carbocycles. The summed E-state index contributed by atoms with van der Waals surface area (Å²) in [5, 5.41) is 9.20. The molecule has 1 N–H and O–H groups in total. The zero-order valence-corrected chi connectivity index (χ0v) is 20.9. The number of fused-ring (bicyclic) bond motifs is 1. The largest absolute Gasteiger partial charge is 0.465 e. The number of rotatable bonds is 6. The zero-order chi connectivity index (χ0) is 26.0. The number of thiophene rings is 1. The summed E-state index contributed by atoms with van der Waals surface area (Å²) < 4.78 is 11.1. The minimum Gasteiger partial charge on any atom is -0.465 e. The molecular formula is C26H23N3O6S. The van der Waals surface area contributed by atoms with Gasteiger partial charge in [0.15, 0.2) is 5.69 Å². The van der Waals surface area contributed by atoms with E-state index in [9.17, 15) is 19.2 Å². The molecule has 0 spiro atoms. The molecule has 0 atom stereocenters. The normalized spacial score (nSPS) is 10.8. The third kappa shape index (κ3) is 4.50. The zero-order valence-electron chi connectivity index (χ0n) is 20.1. The summed E-state index contributed by atoms with van der Waals surface area (Å²) >= 11 is 1.07. The van der Waals surface area contributed by atoms with Gasteiger partial charge in [-0.15, -0.1) is 11.3 Å². The van der Waals surface area contributed by atoms with Gasteiger partial charge in [0.25, 0.3) is 11.5 Å². The molecule has 0 radical (unpaired) electrons. The Balaban J connectivity index is 1.89. The van der Waals surface area contributed by atoms with Gasteiger partial charge < -0.3 is 14.8 Å². The monoisotopic (exact) mass is 505 g/mol. The van der Waals surface area contributed by atoms with E-state index < -0.39 is 23.4 Å². The van der Waals surface area contributed by atoms with E-state index in [4.69, 9.17) is 9.47 Å². The summed E-state index contributed by atoms with van der Waals surface area (Å²) in [4.78, 5) is 51.6. The molecule has 9 nitrogen and oxygen atoms in total. The van der Waals surface area contributed by atoms with Crippen LogP contribution < -0.4 is 10.9 Å². The SMILES string of the molecule is CCOC(=O)c1nn(-c2ccc(C)c(C)c2)c(=O)c2c(NC(=O)c3ccccc3C(=O)OC)scc12. The number of anilines is 1. The lowest BCUT2D eigenvalue weighted by Crippen LogP contribution is -2.26. The predicted molar refractivity (Wildman–Crippen MR) is 136 cm³/mol. The molecular weight excluding hydrogens is 482 g/mol. The molecule has 0 aliphatic rings. The Bertz CT molecular complexity index is 1570. The molecule has 0 bridgehead atoms. The van der Waals surface area contributed by atoms with Crippen LogP contribution in [0.2, 0.25) is 0 Å². The van der Waals surface area contributed by atoms with Gasteiger partial charge in [0.2, 0.25) is 0 Å². The third-order valence-corrected chi connectivity index (χ3v) is 6.56. The second kappa shape index (κ2) is 10.1. The number of nitrogens with one attached hydrogen (secondary N) is 1. The third-order valence-electron chi connectivity index (χ3n) is 5.66. The van der Waals surface area contributed by atoms with E-state index in [0.29, 0.717) is 5.69 Å². The van der Waals surface area contributed by atoms with Crippen molar-refractivity contribution in [2.45, 2.75) is 20.8 Å². The fraction of sp³-hybridized carbons (Fsp3) is 0.192. The Morgan fingerprint density at radius 1 is 1.03 bits per heavy atom. The number of nitrogens with zero attached hydrogens (tertiary/aromatic N) is 2. The van der Waals surface area contributed by atoms with Crippen LogP contribution in [0.25, 0.3) is 16.5 Å². The molecule has 10 heteroatoms. The first-order valence-corrected chi connectivity index (χ1v) is 11.9. The highest BCUT2D eigenvalue weighted by Crippen LogP contribution is 2.31. The summed E-state index contributed by atoms with van der Waals surface area (Å²) in [6.07, 6.45) is 0. The molecule has 2 aromatic carbocycles. The lowest BCUT2D eigenvalue weighted by Gasteiger charge is -2.11. The van der Waals surface area contributed by atoms with E-state index in [1.165, 1.54) is 19.2 Å². The average molecular weight is 506 g/mol. The molecule has 2 heterocycles. The number of methoxy groups -OCH3 is 1. The number of hydrogen-bond donors (Lipinski definition) is 1. The number of carbonyl (C=O) groups excluding carboxylic acids is 3. The minimum absolute atomic E-state index is 0.0450. The summed E-state index contributed by atoms with van der Waals surface area (Å²) in [5.41, 5.74) is 2.05. The Morgan fingerprint density at radius 3 is 2.42 bits per heavy atom. The Labute approximate surface area is 210 Å². The lowest BCUT2D eigenvalue weighted by molar-refractivity contribution is 0.0519. The Kier molecular flexibility index (Phi) is 6.98. The maximum atomic E-state index is 13.6. The number of aromatic nitrogens is 2. The number of amides is 1. The lowest BCUT2D eigenvalue weighted by atomic mass is 10.1. The van der Waals surface area contributed by atoms with Gasteiger partial charge >= 0.3 is 11.9 Å². The fourth-order valence-electron chi connectivity index (χ4n) is 3.66. The van der Waals surface area contributed by atoms with Crippen molar-refractivity contribution in [2.24, 2.45) is 0 Å². The van der Waals surface area contributed by atoms with Crippen LogP contribution in [0.5, 0.6) is 0 Å². The highest BCUT2D eigenvalue weighted by molar-refractivity contribution is 7.16. The van der Waals surface area contributed by atoms with Gasteiger partial charge in [-0.2, -0.15) is 9.78 Å². The Hall–Kier alpha value is -4.31. The first-order valence-electron chi connectivity index (χ1n) is 11.0. The Morgan fingerprint density at radius 2 is 1.75 bits per heavy atom. The van der Waals surface area contributed by atoms with Crippen molar-refractivity contribution >= 4 is 45.0 Å². The van der Waals surface area contributed by atoms with Crippen LogP contribution in [0.3, 0.4) is 0 Å². The topological polar surface area (TPSA) is 117 Å². The number of ether oxygens (including phenoxy) is 2. The number of esters is 2. The molecule has 0 fully saturated rings. The van der Waals surface area contributed by atoms with Crippen LogP contribution in [0, 0.1) is 13.8 Å². The molecule has 0 aliphatic heterocycles. The number of hydrogen-bond acceptors (Lipinski definition) is 8. The van der Waals surface area contributed by atoms with E-state index in [-0.39, 0.29) is 39.2 Å². The molecule has 184 valence electrons. The molecule has 2 aromatic heterocycles. The quantitative estimate of drug-likeness (QED) is 0.389. The van der Waals surface area contributed by atoms with Crippen molar-refractivity contribution in [1.29, 1.82) is 0 Å². The maximum Gasteiger partial charge on any atom is 0.359 e. The molecule has 36 heavy (non-hydrogen) atoms. The van der Waals surface area contributed by atoms with Crippen molar-refractivity contribution in [2.75, 3.05) is 19.0 Å². The standard InChI is InChI=1S/C26H23N3O6S/c1-5-35-26(33)21-19-13-36-23(27-22(30)17-8-6-7-9-18(17)25(32)34-4)20(19)24(31)29(28-21)16-11-10-14(2)15(3)12-16/h6-13H,5H2,1-4H3,(H,27,30). The van der Waals surface area contributed by atoms with Crippen molar-refractivity contribution in [3.05, 3.63) is 86.1 Å². The predicted octanol–water partition coefficient (Wildman–Crippen LogP) is 4.28. The summed E-state index contributed by atoms with van der Waals surface area (Å²) in [5.74, 6) is -1.96. The van der Waals surface area contributed by atoms with E-state index in [2.05, 4.69) is 10.4 Å². The summed E-state index contributed by atoms with van der Waals surface area (Å²) in [6, 6.07) is 11.6. The highest BCUT2D eigenvalue weighted by Gasteiger charge is 2.24. The van der Waals surface area contributed by atoms with Gasteiger partial charge in [-0.25, -0.2) is 9.59 Å². The van der Waals surface area contributed by atoms with Gasteiger partial charge in [-0.1, -0.05) is 18.2 Å². The van der Waals surface area contributed by atoms with Gasteiger partial charge in [-0.05, 0) is 56.2 Å². The smallest absolute Gasteiger partial charge is 0.359 e. The van der Waals surface area contributed by atoms with Crippen molar-refractivity contribution < 1.29 is 23.9 Å². The first-order chi connectivity index (χ1) is 17.3. The van der Waals surface area contributed by atoms with Crippen LogP contribution in [0.1, 0.15) is 49.3 Å². The second-order valence-electron chi connectivity index (χ2n) is 7.90. The minimum atomic E-state index is -0.688. The van der Waals surface area contributed by atoms with Crippen molar-refractivity contribution in [3.8, 4) is 5.69 Å². The van der Waals surface area contributed by atoms with Crippen LogP contribution >= 0.6 is 11.3 Å². The van der Waals surface area contributed by atoms with Crippen LogP contribution in [-0.2, 0) is 9.47 Å². The maximum absolute atomic E-state index is 13.6. The average Bonchev–Trinajstić information content (AvgIpc) is 3.29. The van der Waals surface area contributed by atoms with Crippen LogP contribution in [-0.4, -0.2) is 41.3 Å². The first kappa shape index (κ1) is 24.8. The fourth-order valence-corrected chi connectivity index (χ4v) is 4.60. The molecule has 0 aliphatic carbocycles. The molecule has 0 saturated heterocycles. The van der Waals surface area contributed by atoms with E-state index >= 15 is 0 Å². The van der Waals surface area contributed by atoms with Gasteiger partial charge in [-0.3, -0.25) is 9.59 Å². The van der Waals surface area contributed by atoms with E-state index in [0.717, 1.165) is 27.1 Å². The molecule has 0 unspecified atom stereocenters. The van der Waals surface area contributed by atoms with Gasteiger partial charge in [0, 0.05) is 10.8 Å².